The Labute approximate surface area is 89.3 Å². The van der Waals surface area contributed by atoms with Crippen LogP contribution in [0.15, 0.2) is 18.2 Å². The van der Waals surface area contributed by atoms with Crippen molar-refractivity contribution in [1.29, 1.82) is 0 Å². The Hall–Kier alpha value is -1.02. The lowest BCUT2D eigenvalue weighted by Gasteiger charge is -2.09. The predicted molar refractivity (Wildman–Crippen MR) is 59.7 cm³/mol. The van der Waals surface area contributed by atoms with E-state index in [1.54, 1.807) is 0 Å². The molecule has 0 aliphatic heterocycles. The first kappa shape index (κ1) is 11.1. The average Bonchev–Trinajstić information content (AvgIpc) is 2.09. The minimum absolute atomic E-state index is 0.0178. The van der Waals surface area contributed by atoms with E-state index in [4.69, 9.17) is 11.6 Å². The van der Waals surface area contributed by atoms with E-state index in [0.717, 1.165) is 5.56 Å². The van der Waals surface area contributed by atoms with Crippen LogP contribution in [0.1, 0.15) is 19.4 Å². The highest BCUT2D eigenvalue weighted by molar-refractivity contribution is 6.33. The summed E-state index contributed by atoms with van der Waals surface area (Å²) in [5, 5.41) is 3.35. The van der Waals surface area contributed by atoms with Crippen molar-refractivity contribution in [1.82, 2.24) is 0 Å². The molecule has 0 bridgehead atoms. The van der Waals surface area contributed by atoms with Gasteiger partial charge in [0.2, 0.25) is 5.91 Å². The van der Waals surface area contributed by atoms with Gasteiger partial charge in [-0.1, -0.05) is 31.5 Å². The first-order chi connectivity index (χ1) is 6.50. The standard InChI is InChI=1S/C11H14ClNO/c1-7(2)11(14)13-10-5-4-8(3)6-9(10)12/h4-7H,1-3H3,(H,13,14). The molecule has 0 spiro atoms. The summed E-state index contributed by atoms with van der Waals surface area (Å²) in [5.74, 6) is -0.0527. The molecule has 1 aromatic rings. The largest absolute Gasteiger partial charge is 0.325 e. The molecule has 0 atom stereocenters. The highest BCUT2D eigenvalue weighted by Gasteiger charge is 2.08. The third-order valence-electron chi connectivity index (χ3n) is 1.91. The van der Waals surface area contributed by atoms with E-state index >= 15 is 0 Å². The number of rotatable bonds is 2. The van der Waals surface area contributed by atoms with E-state index in [1.807, 2.05) is 39.0 Å². The first-order valence-corrected chi connectivity index (χ1v) is 4.95. The van der Waals surface area contributed by atoms with Gasteiger partial charge in [0.1, 0.15) is 0 Å². The van der Waals surface area contributed by atoms with Crippen molar-refractivity contribution in [3.8, 4) is 0 Å². The second-order valence-corrected chi connectivity index (χ2v) is 4.03. The Morgan fingerprint density at radius 1 is 1.43 bits per heavy atom. The molecule has 76 valence electrons. The van der Waals surface area contributed by atoms with Gasteiger partial charge in [0.25, 0.3) is 0 Å². The molecule has 3 heteroatoms. The molecule has 0 unspecified atom stereocenters. The number of benzene rings is 1. The maximum atomic E-state index is 11.4. The fourth-order valence-electron chi connectivity index (χ4n) is 0.999. The minimum atomic E-state index is -0.0348. The fourth-order valence-corrected chi connectivity index (χ4v) is 1.28. The van der Waals surface area contributed by atoms with Gasteiger partial charge < -0.3 is 5.32 Å². The molecule has 0 heterocycles. The number of amides is 1. The van der Waals surface area contributed by atoms with E-state index in [1.165, 1.54) is 0 Å². The van der Waals surface area contributed by atoms with Crippen LogP contribution in [-0.2, 0) is 4.79 Å². The number of carbonyl (C=O) groups excluding carboxylic acids is 1. The molecular weight excluding hydrogens is 198 g/mol. The summed E-state index contributed by atoms with van der Waals surface area (Å²) in [6.45, 7) is 5.65. The van der Waals surface area contributed by atoms with Crippen LogP contribution in [0.25, 0.3) is 0 Å². The van der Waals surface area contributed by atoms with Crippen LogP contribution in [-0.4, -0.2) is 5.91 Å². The third kappa shape index (κ3) is 2.74. The van der Waals surface area contributed by atoms with Crippen molar-refractivity contribution < 1.29 is 4.79 Å². The zero-order valence-corrected chi connectivity index (χ0v) is 9.35. The lowest BCUT2D eigenvalue weighted by Crippen LogP contribution is -2.17. The van der Waals surface area contributed by atoms with E-state index in [2.05, 4.69) is 5.32 Å². The van der Waals surface area contributed by atoms with Gasteiger partial charge in [0.15, 0.2) is 0 Å². The number of halogens is 1. The number of aryl methyl sites for hydroxylation is 1. The smallest absolute Gasteiger partial charge is 0.226 e. The number of carbonyl (C=O) groups is 1. The minimum Gasteiger partial charge on any atom is -0.325 e. The molecule has 1 aromatic carbocycles. The average molecular weight is 212 g/mol. The molecule has 0 saturated carbocycles. The molecule has 0 aromatic heterocycles. The summed E-state index contributed by atoms with van der Waals surface area (Å²) in [6, 6.07) is 5.57. The van der Waals surface area contributed by atoms with Crippen LogP contribution in [0.4, 0.5) is 5.69 Å². The lowest BCUT2D eigenvalue weighted by atomic mass is 10.2. The van der Waals surface area contributed by atoms with Crippen LogP contribution in [0.2, 0.25) is 5.02 Å². The van der Waals surface area contributed by atoms with Crippen LogP contribution < -0.4 is 5.32 Å². The van der Waals surface area contributed by atoms with E-state index in [-0.39, 0.29) is 11.8 Å². The number of hydrogen-bond donors (Lipinski definition) is 1. The summed E-state index contributed by atoms with van der Waals surface area (Å²) in [7, 11) is 0. The highest BCUT2D eigenvalue weighted by Crippen LogP contribution is 2.23. The van der Waals surface area contributed by atoms with Gasteiger partial charge in [0.05, 0.1) is 10.7 Å². The second-order valence-electron chi connectivity index (χ2n) is 3.63. The normalized spacial score (nSPS) is 10.4. The Morgan fingerprint density at radius 2 is 2.07 bits per heavy atom. The lowest BCUT2D eigenvalue weighted by molar-refractivity contribution is -0.118. The number of anilines is 1. The second kappa shape index (κ2) is 4.47. The summed E-state index contributed by atoms with van der Waals surface area (Å²) in [6.07, 6.45) is 0. The maximum Gasteiger partial charge on any atom is 0.226 e. The summed E-state index contributed by atoms with van der Waals surface area (Å²) in [5.41, 5.74) is 1.76. The molecule has 0 aliphatic carbocycles. The van der Waals surface area contributed by atoms with Crippen LogP contribution in [0.5, 0.6) is 0 Å². The van der Waals surface area contributed by atoms with Crippen molar-refractivity contribution in [3.63, 3.8) is 0 Å². The molecule has 0 aliphatic rings. The van der Waals surface area contributed by atoms with Gasteiger partial charge >= 0.3 is 0 Å². The Kier molecular flexibility index (Phi) is 3.53. The molecule has 1 amide bonds. The molecule has 1 N–H and O–H groups in total. The quantitative estimate of drug-likeness (QED) is 0.800. The summed E-state index contributed by atoms with van der Waals surface area (Å²) < 4.78 is 0. The third-order valence-corrected chi connectivity index (χ3v) is 2.22. The van der Waals surface area contributed by atoms with Gasteiger partial charge in [0, 0.05) is 5.92 Å². The maximum absolute atomic E-state index is 11.4. The van der Waals surface area contributed by atoms with Crippen molar-refractivity contribution in [3.05, 3.63) is 28.8 Å². The van der Waals surface area contributed by atoms with E-state index in [9.17, 15) is 4.79 Å². The fraction of sp³-hybridized carbons (Fsp3) is 0.364. The molecule has 14 heavy (non-hydrogen) atoms. The van der Waals surface area contributed by atoms with Crippen LogP contribution >= 0.6 is 11.6 Å². The van der Waals surface area contributed by atoms with Crippen LogP contribution in [0.3, 0.4) is 0 Å². The molecule has 0 radical (unpaired) electrons. The molecule has 2 nitrogen and oxygen atoms in total. The van der Waals surface area contributed by atoms with E-state index < -0.39 is 0 Å². The van der Waals surface area contributed by atoms with Gasteiger partial charge in [-0.25, -0.2) is 0 Å². The van der Waals surface area contributed by atoms with Crippen molar-refractivity contribution in [2.75, 3.05) is 5.32 Å². The first-order valence-electron chi connectivity index (χ1n) is 4.57. The Bertz CT molecular complexity index is 347. The number of hydrogen-bond acceptors (Lipinski definition) is 1. The van der Waals surface area contributed by atoms with Gasteiger partial charge in [-0.2, -0.15) is 0 Å². The summed E-state index contributed by atoms with van der Waals surface area (Å²) in [4.78, 5) is 11.4. The van der Waals surface area contributed by atoms with E-state index in [0.29, 0.717) is 10.7 Å². The van der Waals surface area contributed by atoms with Gasteiger partial charge in [-0.15, -0.1) is 0 Å². The SMILES string of the molecule is Cc1ccc(NC(=O)C(C)C)c(Cl)c1. The van der Waals surface area contributed by atoms with Gasteiger partial charge in [-0.3, -0.25) is 4.79 Å². The topological polar surface area (TPSA) is 29.1 Å². The zero-order chi connectivity index (χ0) is 10.7. The summed E-state index contributed by atoms with van der Waals surface area (Å²) >= 11 is 5.96. The van der Waals surface area contributed by atoms with Crippen LogP contribution in [0, 0.1) is 12.8 Å². The Balaban J connectivity index is 2.82. The van der Waals surface area contributed by atoms with Gasteiger partial charge in [-0.05, 0) is 24.6 Å². The molecule has 0 fully saturated rings. The molecule has 1 rings (SSSR count). The predicted octanol–water partition coefficient (Wildman–Crippen LogP) is 3.24. The monoisotopic (exact) mass is 211 g/mol. The Morgan fingerprint density at radius 3 is 2.57 bits per heavy atom. The number of nitrogens with one attached hydrogen (secondary N) is 1. The van der Waals surface area contributed by atoms with Crippen molar-refractivity contribution in [2.45, 2.75) is 20.8 Å². The van der Waals surface area contributed by atoms with Crippen molar-refractivity contribution in [2.24, 2.45) is 5.92 Å². The van der Waals surface area contributed by atoms with Crippen molar-refractivity contribution >= 4 is 23.2 Å². The zero-order valence-electron chi connectivity index (χ0n) is 8.60. The molecular formula is C11H14ClNO. The highest BCUT2D eigenvalue weighted by atomic mass is 35.5. The molecule has 0 saturated heterocycles.